The Morgan fingerprint density at radius 1 is 0.509 bits per heavy atom. The lowest BCUT2D eigenvalue weighted by molar-refractivity contribution is 0.669. The standard InChI is InChI=1S/C53H41N3O/c1-3-5-6-7-10-19-38-28-30-41(31-29-38)42-32-34-45(35-33-42)52-54-51(44-22-13-9-14-23-44)55-53(56-52)49-43(25-17-24-39(18-4-2)40-20-11-8-12-21-40)36-37-48-50(49)46-26-15-16-27-47(46)57-48/h3-18,20-24,26-37H,1-2,19,25H2/b6-5-,10-7-,24-17-,39-18+. The van der Waals surface area contributed by atoms with Crippen LogP contribution in [0.2, 0.25) is 0 Å². The molecule has 8 aromatic rings. The number of nitrogens with zero attached hydrogens (tertiary/aromatic N) is 3. The summed E-state index contributed by atoms with van der Waals surface area (Å²) in [5.74, 6) is 1.80. The monoisotopic (exact) mass is 735 g/mol. The van der Waals surface area contributed by atoms with Crippen LogP contribution in [-0.4, -0.2) is 15.0 Å². The molecule has 0 amide bonds. The van der Waals surface area contributed by atoms with Crippen LogP contribution in [0.25, 0.3) is 72.8 Å². The molecule has 0 aliphatic carbocycles. The maximum absolute atomic E-state index is 6.41. The maximum Gasteiger partial charge on any atom is 0.165 e. The van der Waals surface area contributed by atoms with Crippen LogP contribution in [0.3, 0.4) is 0 Å². The van der Waals surface area contributed by atoms with E-state index < -0.39 is 0 Å². The molecule has 2 aromatic heterocycles. The number of para-hydroxylation sites is 1. The molecular weight excluding hydrogens is 695 g/mol. The summed E-state index contributed by atoms with van der Waals surface area (Å²) in [5.41, 5.74) is 11.2. The van der Waals surface area contributed by atoms with E-state index in [2.05, 4.69) is 122 Å². The zero-order chi connectivity index (χ0) is 38.8. The van der Waals surface area contributed by atoms with Gasteiger partial charge in [-0.1, -0.05) is 201 Å². The Labute approximate surface area is 334 Å². The van der Waals surface area contributed by atoms with E-state index in [1.54, 1.807) is 6.08 Å². The summed E-state index contributed by atoms with van der Waals surface area (Å²) in [4.78, 5) is 15.5. The van der Waals surface area contributed by atoms with Gasteiger partial charge in [0.05, 0.1) is 0 Å². The zero-order valence-electron chi connectivity index (χ0n) is 31.6. The van der Waals surface area contributed by atoms with Crippen molar-refractivity contribution in [3.8, 4) is 45.3 Å². The van der Waals surface area contributed by atoms with E-state index in [1.165, 1.54) is 5.56 Å². The Kier molecular flexibility index (Phi) is 11.1. The minimum atomic E-state index is 0.595. The number of fused-ring (bicyclic) bond motifs is 3. The molecule has 6 aromatic carbocycles. The number of hydrogen-bond donors (Lipinski definition) is 0. The summed E-state index contributed by atoms with van der Waals surface area (Å²) in [6, 6.07) is 50.0. The Hall–Kier alpha value is -7.43. The molecule has 0 saturated heterocycles. The molecule has 2 heterocycles. The van der Waals surface area contributed by atoms with Crippen molar-refractivity contribution in [2.24, 2.45) is 0 Å². The van der Waals surface area contributed by atoms with Gasteiger partial charge in [-0.15, -0.1) is 0 Å². The van der Waals surface area contributed by atoms with Gasteiger partial charge in [-0.05, 0) is 58.4 Å². The van der Waals surface area contributed by atoms with Gasteiger partial charge in [0, 0.05) is 27.5 Å². The fraction of sp³-hybridized carbons (Fsp3) is 0.0377. The summed E-state index contributed by atoms with van der Waals surface area (Å²) in [7, 11) is 0. The Balaban J connectivity index is 1.21. The first-order valence-corrected chi connectivity index (χ1v) is 19.1. The van der Waals surface area contributed by atoms with Gasteiger partial charge < -0.3 is 4.42 Å². The summed E-state index contributed by atoms with van der Waals surface area (Å²) in [5, 5.41) is 2.00. The molecule has 57 heavy (non-hydrogen) atoms. The molecule has 0 radical (unpaired) electrons. The summed E-state index contributed by atoms with van der Waals surface area (Å²) in [6.07, 6.45) is 19.6. The van der Waals surface area contributed by atoms with Crippen molar-refractivity contribution in [3.05, 3.63) is 230 Å². The molecule has 4 heteroatoms. The second-order valence-corrected chi connectivity index (χ2v) is 13.6. The summed E-state index contributed by atoms with van der Waals surface area (Å²) < 4.78 is 6.41. The van der Waals surface area contributed by atoms with Crippen molar-refractivity contribution >= 4 is 27.5 Å². The summed E-state index contributed by atoms with van der Waals surface area (Å²) in [6.45, 7) is 7.68. The highest BCUT2D eigenvalue weighted by Crippen LogP contribution is 2.39. The Bertz CT molecular complexity index is 2790. The van der Waals surface area contributed by atoms with Crippen LogP contribution in [-0.2, 0) is 12.8 Å². The van der Waals surface area contributed by atoms with Crippen LogP contribution in [0, 0.1) is 0 Å². The maximum atomic E-state index is 6.41. The van der Waals surface area contributed by atoms with Crippen LogP contribution < -0.4 is 0 Å². The minimum absolute atomic E-state index is 0.595. The molecule has 0 spiro atoms. The van der Waals surface area contributed by atoms with Gasteiger partial charge in [0.25, 0.3) is 0 Å². The van der Waals surface area contributed by atoms with E-state index in [4.69, 9.17) is 19.4 Å². The molecule has 0 saturated carbocycles. The quantitative estimate of drug-likeness (QED) is 0.111. The third kappa shape index (κ3) is 8.31. The second kappa shape index (κ2) is 17.4. The van der Waals surface area contributed by atoms with Crippen molar-refractivity contribution in [2.45, 2.75) is 12.8 Å². The van der Waals surface area contributed by atoms with E-state index >= 15 is 0 Å². The molecule has 8 rings (SSSR count). The summed E-state index contributed by atoms with van der Waals surface area (Å²) >= 11 is 0. The molecule has 274 valence electrons. The fourth-order valence-corrected chi connectivity index (χ4v) is 7.01. The SMILES string of the molecule is C=C/C=C\C=C/Cc1ccc(-c2ccc(-c3nc(-c4ccccc4)nc(-c4c(C/C=C\C(=C/C=C)c5ccccc5)ccc5oc6ccccc6c45)n3)cc2)cc1. The van der Waals surface area contributed by atoms with Gasteiger partial charge in [0.15, 0.2) is 17.5 Å². The minimum Gasteiger partial charge on any atom is -0.456 e. The van der Waals surface area contributed by atoms with Crippen LogP contribution in [0.5, 0.6) is 0 Å². The third-order valence-electron chi connectivity index (χ3n) is 9.84. The Morgan fingerprint density at radius 3 is 1.86 bits per heavy atom. The molecule has 0 atom stereocenters. The first-order chi connectivity index (χ1) is 28.2. The molecule has 0 bridgehead atoms. The van der Waals surface area contributed by atoms with Crippen molar-refractivity contribution in [2.75, 3.05) is 0 Å². The number of aromatic nitrogens is 3. The lowest BCUT2D eigenvalue weighted by atomic mass is 9.96. The van der Waals surface area contributed by atoms with Crippen molar-refractivity contribution in [3.63, 3.8) is 0 Å². The molecule has 0 unspecified atom stereocenters. The third-order valence-corrected chi connectivity index (χ3v) is 9.84. The van der Waals surface area contributed by atoms with Gasteiger partial charge in [-0.3, -0.25) is 0 Å². The van der Waals surface area contributed by atoms with Gasteiger partial charge in [0.1, 0.15) is 11.2 Å². The molecule has 0 fully saturated rings. The lowest BCUT2D eigenvalue weighted by Crippen LogP contribution is -2.02. The first kappa shape index (κ1) is 36.5. The van der Waals surface area contributed by atoms with Gasteiger partial charge >= 0.3 is 0 Å². The highest BCUT2D eigenvalue weighted by Gasteiger charge is 2.21. The molecule has 0 aliphatic rings. The number of allylic oxidation sites excluding steroid dienone is 10. The number of hydrogen-bond acceptors (Lipinski definition) is 4. The first-order valence-electron chi connectivity index (χ1n) is 19.1. The van der Waals surface area contributed by atoms with Gasteiger partial charge in [-0.2, -0.15) is 0 Å². The van der Waals surface area contributed by atoms with Gasteiger partial charge in [-0.25, -0.2) is 15.0 Å². The average molecular weight is 736 g/mol. The highest BCUT2D eigenvalue weighted by atomic mass is 16.3. The second-order valence-electron chi connectivity index (χ2n) is 13.6. The Morgan fingerprint density at radius 2 is 1.14 bits per heavy atom. The highest BCUT2D eigenvalue weighted by molar-refractivity contribution is 6.12. The van der Waals surface area contributed by atoms with Crippen molar-refractivity contribution in [1.82, 2.24) is 15.0 Å². The molecule has 0 aliphatic heterocycles. The molecule has 4 nitrogen and oxygen atoms in total. The van der Waals surface area contributed by atoms with E-state index in [0.29, 0.717) is 23.9 Å². The van der Waals surface area contributed by atoms with E-state index in [9.17, 15) is 0 Å². The van der Waals surface area contributed by atoms with Crippen LogP contribution >= 0.6 is 0 Å². The van der Waals surface area contributed by atoms with Crippen LogP contribution in [0.15, 0.2) is 218 Å². The number of furan rings is 1. The normalized spacial score (nSPS) is 12.0. The van der Waals surface area contributed by atoms with E-state index in [0.717, 1.165) is 72.9 Å². The number of rotatable bonds is 13. The lowest BCUT2D eigenvalue weighted by Gasteiger charge is -2.13. The molecule has 0 N–H and O–H groups in total. The topological polar surface area (TPSA) is 51.8 Å². The number of benzene rings is 6. The van der Waals surface area contributed by atoms with E-state index in [-0.39, 0.29) is 0 Å². The molecular formula is C53H41N3O. The van der Waals surface area contributed by atoms with Crippen LogP contribution in [0.1, 0.15) is 16.7 Å². The average Bonchev–Trinajstić information content (AvgIpc) is 3.65. The largest absolute Gasteiger partial charge is 0.456 e. The predicted molar refractivity (Wildman–Crippen MR) is 238 cm³/mol. The van der Waals surface area contributed by atoms with E-state index in [1.807, 2.05) is 85.0 Å². The zero-order valence-corrected chi connectivity index (χ0v) is 31.6. The smallest absolute Gasteiger partial charge is 0.165 e. The fourth-order valence-electron chi connectivity index (χ4n) is 7.01. The predicted octanol–water partition coefficient (Wildman–Crippen LogP) is 13.6. The van der Waals surface area contributed by atoms with Gasteiger partial charge in [0.2, 0.25) is 0 Å². The van der Waals surface area contributed by atoms with Crippen molar-refractivity contribution in [1.29, 1.82) is 0 Å². The van der Waals surface area contributed by atoms with Crippen molar-refractivity contribution < 1.29 is 4.42 Å². The van der Waals surface area contributed by atoms with Crippen LogP contribution in [0.4, 0.5) is 0 Å².